The maximum atomic E-state index is 14.8. The Morgan fingerprint density at radius 3 is 1.69 bits per heavy atom. The fraction of sp³-hybridized carbons (Fsp3) is 0.552. The van der Waals surface area contributed by atoms with Gasteiger partial charge in [-0.1, -0.05) is 175 Å². The van der Waals surface area contributed by atoms with Gasteiger partial charge in [0.2, 0.25) is 23.6 Å². The number of aliphatic carboxylic acids is 1. The summed E-state index contributed by atoms with van der Waals surface area (Å²) in [7, 11) is 0. The number of fused-ring (bicyclic) bond motifs is 1. The van der Waals surface area contributed by atoms with Crippen molar-refractivity contribution in [3.05, 3.63) is 136 Å². The van der Waals surface area contributed by atoms with E-state index in [1.54, 1.807) is 66.7 Å². The maximum absolute atomic E-state index is 14.8. The van der Waals surface area contributed by atoms with Crippen LogP contribution in [0.1, 0.15) is 155 Å². The molecule has 19 nitrogen and oxygen atoms in total. The molecule has 0 spiro atoms. The molecule has 86 heavy (non-hydrogen) atoms. The third kappa shape index (κ3) is 21.3. The first-order valence-corrected chi connectivity index (χ1v) is 31.2. The van der Waals surface area contributed by atoms with E-state index in [0.29, 0.717) is 17.5 Å². The second kappa shape index (κ2) is 35.8. The summed E-state index contributed by atoms with van der Waals surface area (Å²) < 4.78 is 11.4. The molecule has 1 saturated heterocycles. The van der Waals surface area contributed by atoms with E-state index in [9.17, 15) is 54.3 Å². The molecule has 5 amide bonds. The van der Waals surface area contributed by atoms with Crippen LogP contribution in [0.5, 0.6) is 5.75 Å². The molecular formula is C67H94N6O13. The van der Waals surface area contributed by atoms with E-state index in [-0.39, 0.29) is 70.4 Å². The lowest BCUT2D eigenvalue weighted by atomic mass is 9.91. The molecule has 10 atom stereocenters. The minimum atomic E-state index is -1.75. The van der Waals surface area contributed by atoms with E-state index in [1.165, 1.54) is 69.1 Å². The van der Waals surface area contributed by atoms with Crippen LogP contribution in [-0.4, -0.2) is 140 Å². The van der Waals surface area contributed by atoms with Gasteiger partial charge in [0.05, 0.1) is 6.04 Å². The second-order valence-electron chi connectivity index (χ2n) is 23.4. The molecule has 0 aliphatic carbocycles. The van der Waals surface area contributed by atoms with E-state index in [1.807, 2.05) is 44.2 Å². The molecular weight excluding hydrogens is 1100 g/mol. The van der Waals surface area contributed by atoms with Crippen LogP contribution in [0.15, 0.2) is 97.1 Å². The number of carboxylic acid groups (broad SMARTS) is 1. The molecule has 19 heteroatoms. The van der Waals surface area contributed by atoms with Gasteiger partial charge in [-0.3, -0.25) is 24.0 Å². The van der Waals surface area contributed by atoms with Gasteiger partial charge in [-0.25, -0.2) is 4.79 Å². The van der Waals surface area contributed by atoms with Gasteiger partial charge in [-0.15, -0.1) is 0 Å². The number of hydrogen-bond donors (Lipinski definition) is 10. The fourth-order valence-corrected chi connectivity index (χ4v) is 11.5. The lowest BCUT2D eigenvalue weighted by molar-refractivity contribution is -0.290. The van der Waals surface area contributed by atoms with Crippen LogP contribution in [0.25, 0.3) is 0 Å². The maximum Gasteiger partial charge on any atom is 0.326 e. The summed E-state index contributed by atoms with van der Waals surface area (Å²) in [5.74, 6) is -4.64. The lowest BCUT2D eigenvalue weighted by Crippen LogP contribution is -2.62. The number of phenolic OH excluding ortho intramolecular Hbond substituents is 1. The van der Waals surface area contributed by atoms with Crippen molar-refractivity contribution in [2.45, 2.75) is 223 Å². The molecule has 2 aliphatic rings. The summed E-state index contributed by atoms with van der Waals surface area (Å²) in [5.41, 5.74) is 12.0. The molecule has 0 radical (unpaired) electrons. The summed E-state index contributed by atoms with van der Waals surface area (Å²) in [6.07, 6.45) is 9.28. The zero-order chi connectivity index (χ0) is 62.0. The number of amides is 5. The van der Waals surface area contributed by atoms with Crippen LogP contribution in [-0.2, 0) is 70.5 Å². The number of unbranched alkanes of at least 4 members (excludes halogenated alkanes) is 14. The number of rotatable bonds is 36. The largest absolute Gasteiger partial charge is 0.508 e. The SMILES string of the molecule is CCCCCCCCCCCCCCCCO[C@@H]1O[C@H](C(=O)NCCCC[C@H](NC(=O)[C@H](Cc2ccccc2)NC(=O)[C@H](Cc2ccccc2)NC(=O)[C@@H]2Cc3ccccc3CN2C(=O)[C@@H](N)Cc2c(C)cc(O)cc2C)C(=O)O)[C@@H](O)[C@H](O)[C@H]1O. The van der Waals surface area contributed by atoms with Gasteiger partial charge >= 0.3 is 5.97 Å². The number of nitrogens with zero attached hydrogens (tertiary/aromatic N) is 1. The highest BCUT2D eigenvalue weighted by Crippen LogP contribution is 2.28. The number of benzene rings is 4. The minimum absolute atomic E-state index is 0.00908. The van der Waals surface area contributed by atoms with Crippen molar-refractivity contribution in [2.24, 2.45) is 5.73 Å². The average molecular weight is 1190 g/mol. The quantitative estimate of drug-likeness (QED) is 0.0219. The van der Waals surface area contributed by atoms with E-state index in [4.69, 9.17) is 15.2 Å². The number of phenols is 1. The third-order valence-electron chi connectivity index (χ3n) is 16.5. The number of nitrogens with one attached hydrogen (secondary N) is 4. The number of nitrogens with two attached hydrogens (primary N) is 1. The van der Waals surface area contributed by atoms with Crippen LogP contribution in [0.3, 0.4) is 0 Å². The monoisotopic (exact) mass is 1190 g/mol. The zero-order valence-corrected chi connectivity index (χ0v) is 50.5. The Morgan fingerprint density at radius 1 is 0.616 bits per heavy atom. The molecule has 6 rings (SSSR count). The summed E-state index contributed by atoms with van der Waals surface area (Å²) in [5, 5.41) is 63.4. The van der Waals surface area contributed by atoms with E-state index < -0.39 is 96.4 Å². The Labute approximate surface area is 507 Å². The Kier molecular flexibility index (Phi) is 28.4. The van der Waals surface area contributed by atoms with Crippen LogP contribution < -0.4 is 27.0 Å². The fourth-order valence-electron chi connectivity index (χ4n) is 11.5. The molecule has 4 aromatic carbocycles. The lowest BCUT2D eigenvalue weighted by Gasteiger charge is -2.39. The van der Waals surface area contributed by atoms with Gasteiger partial charge in [0.25, 0.3) is 5.91 Å². The summed E-state index contributed by atoms with van der Waals surface area (Å²) in [4.78, 5) is 85.6. The highest BCUT2D eigenvalue weighted by molar-refractivity contribution is 5.96. The number of carbonyl (C=O) groups is 6. The molecule has 11 N–H and O–H groups in total. The van der Waals surface area contributed by atoms with Crippen molar-refractivity contribution in [1.29, 1.82) is 0 Å². The van der Waals surface area contributed by atoms with Gasteiger partial charge in [0.1, 0.15) is 48.2 Å². The van der Waals surface area contributed by atoms with Crippen molar-refractivity contribution in [3.63, 3.8) is 0 Å². The average Bonchev–Trinajstić information content (AvgIpc) is 1.25. The van der Waals surface area contributed by atoms with Gasteiger partial charge < -0.3 is 66.9 Å². The number of ether oxygens (including phenoxy) is 2. The molecule has 2 aliphatic heterocycles. The van der Waals surface area contributed by atoms with Crippen LogP contribution in [0, 0.1) is 13.8 Å². The van der Waals surface area contributed by atoms with Crippen LogP contribution in [0.4, 0.5) is 0 Å². The summed E-state index contributed by atoms with van der Waals surface area (Å²) >= 11 is 0. The Bertz CT molecular complexity index is 2750. The van der Waals surface area contributed by atoms with Crippen molar-refractivity contribution < 1.29 is 63.8 Å². The first-order chi connectivity index (χ1) is 41.4. The highest BCUT2D eigenvalue weighted by Gasteiger charge is 2.47. The number of aliphatic hydroxyl groups excluding tert-OH is 3. The third-order valence-corrected chi connectivity index (χ3v) is 16.5. The van der Waals surface area contributed by atoms with Crippen molar-refractivity contribution >= 4 is 35.5 Å². The number of hydrogen-bond acceptors (Lipinski definition) is 13. The normalized spacial score (nSPS) is 19.7. The molecule has 0 aromatic heterocycles. The van der Waals surface area contributed by atoms with Gasteiger partial charge in [-0.2, -0.15) is 0 Å². The number of aliphatic hydroxyl groups is 3. The van der Waals surface area contributed by atoms with Gasteiger partial charge in [0, 0.05) is 39.0 Å². The van der Waals surface area contributed by atoms with Crippen LogP contribution >= 0.6 is 0 Å². The molecule has 0 unspecified atom stereocenters. The van der Waals surface area contributed by atoms with Crippen molar-refractivity contribution in [3.8, 4) is 5.75 Å². The number of carboxylic acids is 1. The summed E-state index contributed by atoms with van der Waals surface area (Å²) in [6.45, 7) is 6.21. The van der Waals surface area contributed by atoms with Crippen molar-refractivity contribution in [2.75, 3.05) is 13.2 Å². The number of aryl methyl sites for hydroxylation is 2. The van der Waals surface area contributed by atoms with Gasteiger partial charge in [0.15, 0.2) is 12.4 Å². The molecule has 0 saturated carbocycles. The number of aromatic hydroxyl groups is 1. The minimum Gasteiger partial charge on any atom is -0.508 e. The standard InChI is InChI=1S/C67H94N6O13/c1-4-5-6-7-8-9-10-11-12-13-14-15-16-27-36-85-67-59(77)57(75)58(76)60(86-67)64(81)69-35-26-25-34-53(66(83)84)70-61(78)54(39-46-28-19-17-20-29-46)71-62(79)55(40-47-30-21-18-22-31-47)72-63(80)56-41-48-32-23-24-33-49(48)43-73(56)65(82)52(68)42-51-44(2)37-50(74)38-45(51)3/h17-24,28-33,37-38,52-60,67,74-77H,4-16,25-27,34-36,39-43,68H2,1-3H3,(H,69,81)(H,70,78)(H,71,79)(H,72,80)(H,83,84)/t52-,53-,54-,55-,56-,57-,58-,59+,60-,67+/m0/s1. The Hall–Kier alpha value is -6.74. The molecule has 470 valence electrons. The number of carbonyl (C=O) groups excluding carboxylic acids is 5. The highest BCUT2D eigenvalue weighted by atomic mass is 16.7. The van der Waals surface area contributed by atoms with Gasteiger partial charge in [-0.05, 0) is 97.0 Å². The topological polar surface area (TPSA) is 299 Å². The molecule has 4 aromatic rings. The predicted octanol–water partition coefficient (Wildman–Crippen LogP) is 6.45. The molecule has 1 fully saturated rings. The summed E-state index contributed by atoms with van der Waals surface area (Å²) in [6, 6.07) is 22.3. The molecule has 2 heterocycles. The Balaban J connectivity index is 1.03. The van der Waals surface area contributed by atoms with E-state index in [2.05, 4.69) is 28.2 Å². The zero-order valence-electron chi connectivity index (χ0n) is 50.5. The van der Waals surface area contributed by atoms with E-state index >= 15 is 0 Å². The second-order valence-corrected chi connectivity index (χ2v) is 23.4. The Morgan fingerprint density at radius 2 is 1.13 bits per heavy atom. The van der Waals surface area contributed by atoms with Crippen LogP contribution in [0.2, 0.25) is 0 Å². The van der Waals surface area contributed by atoms with Crippen molar-refractivity contribution in [1.82, 2.24) is 26.2 Å². The first-order valence-electron chi connectivity index (χ1n) is 31.2. The molecule has 0 bridgehead atoms. The van der Waals surface area contributed by atoms with E-state index in [0.717, 1.165) is 47.1 Å². The first kappa shape index (κ1) is 68.4. The predicted molar refractivity (Wildman–Crippen MR) is 327 cm³/mol. The smallest absolute Gasteiger partial charge is 0.326 e.